The van der Waals surface area contributed by atoms with Gasteiger partial charge in [-0.1, -0.05) is 20.8 Å². The van der Waals surface area contributed by atoms with Crippen molar-refractivity contribution in [3.05, 3.63) is 24.4 Å². The van der Waals surface area contributed by atoms with Crippen molar-refractivity contribution in [2.24, 2.45) is 5.92 Å². The first-order chi connectivity index (χ1) is 10.5. The quantitative estimate of drug-likeness (QED) is 0.858. The van der Waals surface area contributed by atoms with Gasteiger partial charge in [0.1, 0.15) is 12.7 Å². The highest BCUT2D eigenvalue weighted by Crippen LogP contribution is 2.23. The number of nitrogens with zero attached hydrogens (tertiary/aromatic N) is 6. The van der Waals surface area contributed by atoms with Crippen LogP contribution in [0, 0.1) is 5.92 Å². The van der Waals surface area contributed by atoms with E-state index < -0.39 is 0 Å². The largest absolute Gasteiger partial charge is 0.423 e. The van der Waals surface area contributed by atoms with Crippen molar-refractivity contribution in [3.8, 4) is 0 Å². The topological polar surface area (TPSA) is 72.9 Å². The fraction of sp³-hybridized carbons (Fsp3) is 0.733. The molecule has 0 unspecified atom stereocenters. The summed E-state index contributed by atoms with van der Waals surface area (Å²) in [6, 6.07) is 0. The maximum Gasteiger partial charge on any atom is 0.230 e. The van der Waals surface area contributed by atoms with Gasteiger partial charge in [0.15, 0.2) is 0 Å². The highest BCUT2D eigenvalue weighted by atomic mass is 16.4. The van der Waals surface area contributed by atoms with Gasteiger partial charge in [-0.25, -0.2) is 4.98 Å². The van der Waals surface area contributed by atoms with Crippen LogP contribution in [0.5, 0.6) is 0 Å². The summed E-state index contributed by atoms with van der Waals surface area (Å²) in [4.78, 5) is 6.40. The predicted molar refractivity (Wildman–Crippen MR) is 81.0 cm³/mol. The summed E-state index contributed by atoms with van der Waals surface area (Å²) in [6.45, 7) is 10.0. The van der Waals surface area contributed by atoms with E-state index in [4.69, 9.17) is 4.42 Å². The van der Waals surface area contributed by atoms with Gasteiger partial charge in [-0.3, -0.25) is 9.58 Å². The Morgan fingerprint density at radius 1 is 1.32 bits per heavy atom. The average molecular weight is 304 g/mol. The number of likely N-dealkylation sites (tertiary alicyclic amines) is 1. The molecule has 7 nitrogen and oxygen atoms in total. The Hall–Kier alpha value is -1.76. The van der Waals surface area contributed by atoms with Gasteiger partial charge in [0.25, 0.3) is 0 Å². The van der Waals surface area contributed by atoms with E-state index >= 15 is 0 Å². The molecule has 1 saturated heterocycles. The molecule has 0 aliphatic carbocycles. The summed E-state index contributed by atoms with van der Waals surface area (Å²) >= 11 is 0. The predicted octanol–water partition coefficient (Wildman–Crippen LogP) is 1.87. The summed E-state index contributed by atoms with van der Waals surface area (Å²) in [6.07, 6.45) is 5.80. The Kier molecular flexibility index (Phi) is 4.24. The van der Waals surface area contributed by atoms with Crippen LogP contribution in [0.15, 0.2) is 17.1 Å². The zero-order chi connectivity index (χ0) is 15.6. The highest BCUT2D eigenvalue weighted by molar-refractivity contribution is 4.96. The summed E-state index contributed by atoms with van der Waals surface area (Å²) in [5, 5.41) is 12.6. The first kappa shape index (κ1) is 15.1. The maximum atomic E-state index is 5.80. The summed E-state index contributed by atoms with van der Waals surface area (Å²) in [5.74, 6) is 2.02. The lowest BCUT2D eigenvalue weighted by molar-refractivity contribution is 0.140. The van der Waals surface area contributed by atoms with Gasteiger partial charge in [0.2, 0.25) is 11.8 Å². The second kappa shape index (κ2) is 6.16. The standard InChI is InChI=1S/C15H24N6O/c1-15(2,3)14-19-18-13(22-14)9-20-6-4-5-12(7-20)8-21-11-16-10-17-21/h10-12H,4-9H2,1-3H3/t12-/m0/s1. The minimum absolute atomic E-state index is 0.0945. The van der Waals surface area contributed by atoms with Crippen LogP contribution in [0.3, 0.4) is 0 Å². The molecule has 1 aliphatic heterocycles. The first-order valence-corrected chi connectivity index (χ1v) is 7.88. The Morgan fingerprint density at radius 2 is 2.18 bits per heavy atom. The number of hydrogen-bond donors (Lipinski definition) is 0. The molecule has 1 atom stereocenters. The molecule has 0 N–H and O–H groups in total. The van der Waals surface area contributed by atoms with E-state index in [9.17, 15) is 0 Å². The third kappa shape index (κ3) is 3.71. The van der Waals surface area contributed by atoms with Crippen LogP contribution in [0.4, 0.5) is 0 Å². The van der Waals surface area contributed by atoms with E-state index in [-0.39, 0.29) is 5.41 Å². The molecular formula is C15H24N6O. The van der Waals surface area contributed by atoms with E-state index in [1.165, 1.54) is 12.8 Å². The normalized spacial score (nSPS) is 20.4. The molecule has 0 bridgehead atoms. The van der Waals surface area contributed by atoms with Crippen LogP contribution in [0.2, 0.25) is 0 Å². The molecule has 22 heavy (non-hydrogen) atoms. The van der Waals surface area contributed by atoms with Gasteiger partial charge in [0.05, 0.1) is 6.54 Å². The zero-order valence-corrected chi connectivity index (χ0v) is 13.6. The third-order valence-corrected chi connectivity index (χ3v) is 3.98. The number of piperidine rings is 1. The fourth-order valence-corrected chi connectivity index (χ4v) is 2.85. The number of aromatic nitrogens is 5. The second-order valence-electron chi connectivity index (χ2n) is 7.11. The first-order valence-electron chi connectivity index (χ1n) is 7.88. The lowest BCUT2D eigenvalue weighted by Crippen LogP contribution is -2.36. The van der Waals surface area contributed by atoms with E-state index in [0.29, 0.717) is 17.7 Å². The highest BCUT2D eigenvalue weighted by Gasteiger charge is 2.24. The SMILES string of the molecule is CC(C)(C)c1nnc(CN2CCC[C@H](Cn3cncn3)C2)o1. The van der Waals surface area contributed by atoms with Crippen molar-refractivity contribution >= 4 is 0 Å². The van der Waals surface area contributed by atoms with Gasteiger partial charge >= 0.3 is 0 Å². The summed E-state index contributed by atoms with van der Waals surface area (Å²) < 4.78 is 7.72. The smallest absolute Gasteiger partial charge is 0.230 e. The van der Waals surface area contributed by atoms with Crippen LogP contribution < -0.4 is 0 Å². The van der Waals surface area contributed by atoms with Gasteiger partial charge in [-0.15, -0.1) is 10.2 Å². The Balaban J connectivity index is 1.57. The Bertz CT molecular complexity index is 585. The summed E-state index contributed by atoms with van der Waals surface area (Å²) in [5.41, 5.74) is -0.0945. The van der Waals surface area contributed by atoms with Crippen molar-refractivity contribution in [3.63, 3.8) is 0 Å². The van der Waals surface area contributed by atoms with Crippen molar-refractivity contribution in [2.75, 3.05) is 13.1 Å². The molecule has 2 aromatic heterocycles. The average Bonchev–Trinajstić information content (AvgIpc) is 3.10. The van der Waals surface area contributed by atoms with Crippen molar-refractivity contribution < 1.29 is 4.42 Å². The lowest BCUT2D eigenvalue weighted by atomic mass is 9.97. The van der Waals surface area contributed by atoms with Gasteiger partial charge in [-0.2, -0.15) is 5.10 Å². The zero-order valence-electron chi connectivity index (χ0n) is 13.6. The minimum Gasteiger partial charge on any atom is -0.423 e. The van der Waals surface area contributed by atoms with Gasteiger partial charge in [-0.05, 0) is 25.3 Å². The molecule has 0 radical (unpaired) electrons. The van der Waals surface area contributed by atoms with E-state index in [1.807, 2.05) is 4.68 Å². The van der Waals surface area contributed by atoms with Crippen LogP contribution in [-0.4, -0.2) is 43.0 Å². The fourth-order valence-electron chi connectivity index (χ4n) is 2.85. The minimum atomic E-state index is -0.0945. The van der Waals surface area contributed by atoms with Crippen LogP contribution in [-0.2, 0) is 18.5 Å². The molecule has 0 saturated carbocycles. The second-order valence-corrected chi connectivity index (χ2v) is 7.11. The van der Waals surface area contributed by atoms with Crippen LogP contribution in [0.1, 0.15) is 45.4 Å². The molecule has 0 amide bonds. The molecule has 120 valence electrons. The Morgan fingerprint density at radius 3 is 2.86 bits per heavy atom. The van der Waals surface area contributed by atoms with E-state index in [2.05, 4.69) is 46.0 Å². The molecule has 2 aromatic rings. The molecule has 1 aliphatic rings. The number of rotatable bonds is 4. The maximum absolute atomic E-state index is 5.80. The van der Waals surface area contributed by atoms with Crippen molar-refractivity contribution in [1.82, 2.24) is 29.9 Å². The van der Waals surface area contributed by atoms with Crippen LogP contribution >= 0.6 is 0 Å². The third-order valence-electron chi connectivity index (χ3n) is 3.98. The number of hydrogen-bond acceptors (Lipinski definition) is 6. The molecule has 0 spiro atoms. The molecule has 1 fully saturated rings. The Labute approximate surface area is 130 Å². The summed E-state index contributed by atoms with van der Waals surface area (Å²) in [7, 11) is 0. The van der Waals surface area contributed by atoms with Crippen molar-refractivity contribution in [2.45, 2.75) is 52.1 Å². The van der Waals surface area contributed by atoms with Crippen LogP contribution in [0.25, 0.3) is 0 Å². The van der Waals surface area contributed by atoms with Gasteiger partial charge in [0, 0.05) is 18.5 Å². The molecule has 3 heterocycles. The lowest BCUT2D eigenvalue weighted by Gasteiger charge is -2.31. The molecule has 3 rings (SSSR count). The van der Waals surface area contributed by atoms with E-state index in [1.54, 1.807) is 12.7 Å². The molecular weight excluding hydrogens is 280 g/mol. The molecule has 0 aromatic carbocycles. The van der Waals surface area contributed by atoms with Crippen molar-refractivity contribution in [1.29, 1.82) is 0 Å². The van der Waals surface area contributed by atoms with E-state index in [0.717, 1.165) is 26.2 Å². The monoisotopic (exact) mass is 304 g/mol. The van der Waals surface area contributed by atoms with Gasteiger partial charge < -0.3 is 4.42 Å². The molecule has 7 heteroatoms.